The fourth-order valence-electron chi connectivity index (χ4n) is 2.38. The van der Waals surface area contributed by atoms with Crippen LogP contribution in [0.2, 0.25) is 0 Å². The predicted octanol–water partition coefficient (Wildman–Crippen LogP) is 1.86. The Labute approximate surface area is 117 Å². The van der Waals surface area contributed by atoms with E-state index in [1.807, 2.05) is 24.4 Å². The molecule has 2 aromatic heterocycles. The smallest absolute Gasteiger partial charge is 0.213 e. The first-order valence-electron chi connectivity index (χ1n) is 6.76. The van der Waals surface area contributed by atoms with Crippen LogP contribution in [0.5, 0.6) is 11.6 Å². The van der Waals surface area contributed by atoms with Crippen LogP contribution in [0.25, 0.3) is 0 Å². The Morgan fingerprint density at radius 2 is 2.10 bits per heavy atom. The molecule has 0 aromatic carbocycles. The van der Waals surface area contributed by atoms with Crippen molar-refractivity contribution >= 4 is 5.82 Å². The maximum absolute atomic E-state index is 5.95. The third kappa shape index (κ3) is 2.84. The molecular formula is C14H18N4O2. The molecule has 1 N–H and O–H groups in total. The molecule has 6 nitrogen and oxygen atoms in total. The van der Waals surface area contributed by atoms with E-state index in [4.69, 9.17) is 9.47 Å². The van der Waals surface area contributed by atoms with Gasteiger partial charge < -0.3 is 14.4 Å². The second kappa shape index (κ2) is 5.81. The van der Waals surface area contributed by atoms with Gasteiger partial charge in [-0.1, -0.05) is 0 Å². The van der Waals surface area contributed by atoms with Gasteiger partial charge in [0.2, 0.25) is 5.88 Å². The van der Waals surface area contributed by atoms with Gasteiger partial charge in [-0.15, -0.1) is 0 Å². The molecule has 0 spiro atoms. The number of anilines is 1. The first kappa shape index (κ1) is 12.8. The number of aromatic nitrogens is 3. The number of pyridine rings is 1. The second-order valence-corrected chi connectivity index (χ2v) is 4.77. The topological polar surface area (TPSA) is 63.3 Å². The molecule has 1 fully saturated rings. The Hall–Kier alpha value is -2.24. The van der Waals surface area contributed by atoms with Gasteiger partial charge in [0.1, 0.15) is 17.7 Å². The molecule has 0 saturated carbocycles. The number of H-pyrrole nitrogens is 1. The summed E-state index contributed by atoms with van der Waals surface area (Å²) in [6.07, 6.45) is 5.76. The molecule has 3 rings (SSSR count). The normalized spacial score (nSPS) is 16.1. The van der Waals surface area contributed by atoms with Gasteiger partial charge in [0.15, 0.2) is 0 Å². The van der Waals surface area contributed by atoms with Gasteiger partial charge in [-0.05, 0) is 6.07 Å². The Bertz CT molecular complexity index is 519. The Morgan fingerprint density at radius 1 is 1.25 bits per heavy atom. The summed E-state index contributed by atoms with van der Waals surface area (Å²) in [5.74, 6) is 2.41. The summed E-state index contributed by atoms with van der Waals surface area (Å²) >= 11 is 0. The van der Waals surface area contributed by atoms with E-state index in [1.165, 1.54) is 0 Å². The minimum atomic E-state index is 0.236. The summed E-state index contributed by atoms with van der Waals surface area (Å²) < 4.78 is 11.0. The van der Waals surface area contributed by atoms with Crippen LogP contribution in [0, 0.1) is 0 Å². The lowest BCUT2D eigenvalue weighted by molar-refractivity contribution is 0.170. The number of nitrogens with zero attached hydrogens (tertiary/aromatic N) is 3. The van der Waals surface area contributed by atoms with Gasteiger partial charge in [-0.25, -0.2) is 4.98 Å². The number of nitrogens with one attached hydrogen (secondary N) is 1. The summed E-state index contributed by atoms with van der Waals surface area (Å²) in [5, 5.41) is 7.05. The fraction of sp³-hybridized carbons (Fsp3) is 0.429. The molecule has 0 aliphatic carbocycles. The van der Waals surface area contributed by atoms with Crippen molar-refractivity contribution in [2.45, 2.75) is 18.9 Å². The van der Waals surface area contributed by atoms with Crippen LogP contribution in [0.4, 0.5) is 5.82 Å². The summed E-state index contributed by atoms with van der Waals surface area (Å²) in [6.45, 7) is 1.91. The number of hydrogen-bond acceptors (Lipinski definition) is 5. The van der Waals surface area contributed by atoms with Crippen molar-refractivity contribution in [2.24, 2.45) is 0 Å². The highest BCUT2D eigenvalue weighted by atomic mass is 16.5. The van der Waals surface area contributed by atoms with E-state index in [1.54, 1.807) is 13.3 Å². The van der Waals surface area contributed by atoms with Crippen LogP contribution < -0.4 is 14.4 Å². The second-order valence-electron chi connectivity index (χ2n) is 4.77. The molecule has 1 saturated heterocycles. The van der Waals surface area contributed by atoms with Gasteiger partial charge >= 0.3 is 0 Å². The average Bonchev–Trinajstić information content (AvgIpc) is 3.03. The number of hydrogen-bond donors (Lipinski definition) is 1. The molecule has 1 aliphatic heterocycles. The third-order valence-electron chi connectivity index (χ3n) is 3.47. The summed E-state index contributed by atoms with van der Waals surface area (Å²) in [4.78, 5) is 6.41. The molecular weight excluding hydrogens is 256 g/mol. The molecule has 106 valence electrons. The minimum Gasteiger partial charge on any atom is -0.489 e. The quantitative estimate of drug-likeness (QED) is 0.922. The lowest BCUT2D eigenvalue weighted by Gasteiger charge is -2.32. The Balaban J connectivity index is 1.53. The highest BCUT2D eigenvalue weighted by molar-refractivity contribution is 5.37. The van der Waals surface area contributed by atoms with Crippen molar-refractivity contribution in [1.82, 2.24) is 15.2 Å². The van der Waals surface area contributed by atoms with Crippen molar-refractivity contribution in [3.63, 3.8) is 0 Å². The maximum atomic E-state index is 5.95. The predicted molar refractivity (Wildman–Crippen MR) is 75.2 cm³/mol. The van der Waals surface area contributed by atoms with E-state index in [0.717, 1.165) is 37.5 Å². The van der Waals surface area contributed by atoms with Crippen molar-refractivity contribution < 1.29 is 9.47 Å². The van der Waals surface area contributed by atoms with E-state index in [-0.39, 0.29) is 6.10 Å². The molecule has 3 heterocycles. The third-order valence-corrected chi connectivity index (χ3v) is 3.47. The molecule has 0 atom stereocenters. The van der Waals surface area contributed by atoms with E-state index in [0.29, 0.717) is 5.88 Å². The highest BCUT2D eigenvalue weighted by Gasteiger charge is 2.21. The van der Waals surface area contributed by atoms with E-state index < -0.39 is 0 Å². The SMILES string of the molecule is COc1ccc(OC2CCN(c3cc[nH]n3)CC2)cn1. The molecule has 0 radical (unpaired) electrons. The van der Waals surface area contributed by atoms with Crippen LogP contribution in [0.1, 0.15) is 12.8 Å². The molecule has 0 amide bonds. The highest BCUT2D eigenvalue weighted by Crippen LogP contribution is 2.22. The fourth-order valence-corrected chi connectivity index (χ4v) is 2.38. The number of ether oxygens (including phenoxy) is 2. The van der Waals surface area contributed by atoms with Crippen molar-refractivity contribution in [1.29, 1.82) is 0 Å². The van der Waals surface area contributed by atoms with Crippen molar-refractivity contribution in [3.05, 3.63) is 30.6 Å². The zero-order valence-electron chi connectivity index (χ0n) is 11.5. The van der Waals surface area contributed by atoms with Crippen molar-refractivity contribution in [2.75, 3.05) is 25.1 Å². The van der Waals surface area contributed by atoms with Gasteiger partial charge in [0.05, 0.1) is 13.3 Å². The molecule has 20 heavy (non-hydrogen) atoms. The summed E-state index contributed by atoms with van der Waals surface area (Å²) in [6, 6.07) is 5.70. The van der Waals surface area contributed by atoms with E-state index >= 15 is 0 Å². The Morgan fingerprint density at radius 3 is 2.70 bits per heavy atom. The largest absolute Gasteiger partial charge is 0.489 e. The summed E-state index contributed by atoms with van der Waals surface area (Å²) in [5.41, 5.74) is 0. The molecule has 0 unspecified atom stereocenters. The minimum absolute atomic E-state index is 0.236. The first-order chi connectivity index (χ1) is 9.85. The zero-order chi connectivity index (χ0) is 13.8. The molecule has 6 heteroatoms. The molecule has 2 aromatic rings. The number of aromatic amines is 1. The lowest BCUT2D eigenvalue weighted by atomic mass is 10.1. The van der Waals surface area contributed by atoms with Gasteiger partial charge in [0, 0.05) is 44.3 Å². The van der Waals surface area contributed by atoms with Crippen LogP contribution in [-0.4, -0.2) is 41.5 Å². The molecule has 1 aliphatic rings. The van der Waals surface area contributed by atoms with E-state index in [2.05, 4.69) is 20.1 Å². The zero-order valence-corrected chi connectivity index (χ0v) is 11.5. The van der Waals surface area contributed by atoms with Gasteiger partial charge in [0.25, 0.3) is 0 Å². The Kier molecular flexibility index (Phi) is 3.71. The number of piperidine rings is 1. The molecule has 0 bridgehead atoms. The lowest BCUT2D eigenvalue weighted by Crippen LogP contribution is -2.38. The van der Waals surface area contributed by atoms with Crippen LogP contribution in [-0.2, 0) is 0 Å². The number of rotatable bonds is 4. The van der Waals surface area contributed by atoms with Crippen LogP contribution in [0.3, 0.4) is 0 Å². The average molecular weight is 274 g/mol. The number of methoxy groups -OCH3 is 1. The van der Waals surface area contributed by atoms with Crippen molar-refractivity contribution in [3.8, 4) is 11.6 Å². The standard InChI is InChI=1S/C14H18N4O2/c1-19-14-3-2-12(10-15-14)20-11-5-8-18(9-6-11)13-4-7-16-17-13/h2-4,7,10-11H,5-6,8-9H2,1H3,(H,16,17). The monoisotopic (exact) mass is 274 g/mol. The summed E-state index contributed by atoms with van der Waals surface area (Å²) in [7, 11) is 1.60. The van der Waals surface area contributed by atoms with Crippen LogP contribution in [0.15, 0.2) is 30.6 Å². The van der Waals surface area contributed by atoms with E-state index in [9.17, 15) is 0 Å². The van der Waals surface area contributed by atoms with Crippen LogP contribution >= 0.6 is 0 Å². The maximum Gasteiger partial charge on any atom is 0.213 e. The van der Waals surface area contributed by atoms with Gasteiger partial charge in [-0.3, -0.25) is 5.10 Å². The van der Waals surface area contributed by atoms with Gasteiger partial charge in [-0.2, -0.15) is 5.10 Å². The first-order valence-corrected chi connectivity index (χ1v) is 6.76.